The van der Waals surface area contributed by atoms with Gasteiger partial charge in [0.1, 0.15) is 17.1 Å². The highest BCUT2D eigenvalue weighted by molar-refractivity contribution is 6.00. The third kappa shape index (κ3) is 3.09. The second-order valence-electron chi connectivity index (χ2n) is 6.63. The number of hydrogen-bond donors (Lipinski definition) is 1. The van der Waals surface area contributed by atoms with Crippen LogP contribution in [-0.2, 0) is 0 Å². The molecule has 0 radical (unpaired) electrons. The lowest BCUT2D eigenvalue weighted by atomic mass is 10.0. The fraction of sp³-hybridized carbons (Fsp3) is 0.286. The van der Waals surface area contributed by atoms with Gasteiger partial charge in [-0.3, -0.25) is 14.9 Å². The van der Waals surface area contributed by atoms with Gasteiger partial charge in [-0.2, -0.15) is 5.10 Å². The van der Waals surface area contributed by atoms with Crippen molar-refractivity contribution in [3.05, 3.63) is 60.2 Å². The Hall–Kier alpha value is -3.35. The molecule has 1 N–H and O–H groups in total. The molecule has 1 aliphatic rings. The molecular formula is C21H22N4O3. The summed E-state index contributed by atoms with van der Waals surface area (Å²) < 4.78 is 10.9. The quantitative estimate of drug-likeness (QED) is 0.735. The first-order chi connectivity index (χ1) is 13.7. The third-order valence-corrected chi connectivity index (χ3v) is 5.15. The van der Waals surface area contributed by atoms with Crippen molar-refractivity contribution >= 4 is 5.91 Å². The molecule has 0 bridgehead atoms. The molecule has 28 heavy (non-hydrogen) atoms. The first kappa shape index (κ1) is 18.0. The van der Waals surface area contributed by atoms with Crippen molar-refractivity contribution in [2.24, 2.45) is 0 Å². The lowest BCUT2D eigenvalue weighted by Gasteiger charge is -2.26. The van der Waals surface area contributed by atoms with Gasteiger partial charge < -0.3 is 14.4 Å². The van der Waals surface area contributed by atoms with Crippen LogP contribution in [0.1, 0.15) is 34.9 Å². The van der Waals surface area contributed by atoms with Crippen LogP contribution >= 0.6 is 0 Å². The van der Waals surface area contributed by atoms with E-state index in [0.29, 0.717) is 23.6 Å². The topological polar surface area (TPSA) is 80.3 Å². The minimum Gasteiger partial charge on any atom is -0.496 e. The van der Waals surface area contributed by atoms with E-state index < -0.39 is 0 Å². The summed E-state index contributed by atoms with van der Waals surface area (Å²) >= 11 is 0. The largest absolute Gasteiger partial charge is 0.496 e. The first-order valence-corrected chi connectivity index (χ1v) is 9.20. The molecule has 7 nitrogen and oxygen atoms in total. The van der Waals surface area contributed by atoms with Crippen LogP contribution in [0.25, 0.3) is 11.1 Å². The van der Waals surface area contributed by atoms with E-state index in [-0.39, 0.29) is 11.9 Å². The van der Waals surface area contributed by atoms with Crippen LogP contribution in [0.2, 0.25) is 0 Å². The molecular weight excluding hydrogens is 356 g/mol. The van der Waals surface area contributed by atoms with Crippen molar-refractivity contribution < 1.29 is 14.3 Å². The second-order valence-corrected chi connectivity index (χ2v) is 6.63. The van der Waals surface area contributed by atoms with Crippen molar-refractivity contribution in [2.45, 2.75) is 18.9 Å². The predicted molar refractivity (Wildman–Crippen MR) is 104 cm³/mol. The van der Waals surface area contributed by atoms with Crippen molar-refractivity contribution in [1.29, 1.82) is 0 Å². The summed E-state index contributed by atoms with van der Waals surface area (Å²) in [5.41, 5.74) is 3.39. The highest BCUT2D eigenvalue weighted by Gasteiger charge is 2.35. The molecule has 0 aliphatic carbocycles. The van der Waals surface area contributed by atoms with Crippen LogP contribution in [0.3, 0.4) is 0 Å². The number of methoxy groups -OCH3 is 2. The number of benzene rings is 1. The van der Waals surface area contributed by atoms with E-state index in [0.717, 1.165) is 29.7 Å². The van der Waals surface area contributed by atoms with Gasteiger partial charge in [0.25, 0.3) is 5.91 Å². The van der Waals surface area contributed by atoms with E-state index in [9.17, 15) is 4.79 Å². The molecule has 3 heterocycles. The molecule has 1 aliphatic heterocycles. The number of carbonyl (C=O) groups is 1. The lowest BCUT2D eigenvalue weighted by Crippen LogP contribution is -2.31. The Kier molecular flexibility index (Phi) is 4.97. The third-order valence-electron chi connectivity index (χ3n) is 5.15. The Morgan fingerprint density at radius 2 is 1.86 bits per heavy atom. The standard InChI is InChI=1S/C21H22N4O3/c1-27-17-6-3-7-18(28-2)19(17)21(26)25-12-4-5-16(25)20-15(13-23-24-20)14-8-10-22-11-9-14/h3,6-11,13,16H,4-5,12H2,1-2H3,(H,23,24). The fourth-order valence-electron chi connectivity index (χ4n) is 3.83. The number of nitrogens with zero attached hydrogens (tertiary/aromatic N) is 3. The van der Waals surface area contributed by atoms with Crippen LogP contribution < -0.4 is 9.47 Å². The summed E-state index contributed by atoms with van der Waals surface area (Å²) in [6.45, 7) is 0.666. The number of pyridine rings is 1. The van der Waals surface area contributed by atoms with Gasteiger partial charge in [0.2, 0.25) is 0 Å². The molecule has 1 atom stereocenters. The van der Waals surface area contributed by atoms with E-state index in [4.69, 9.17) is 9.47 Å². The van der Waals surface area contributed by atoms with Gasteiger partial charge in [-0.15, -0.1) is 0 Å². The fourth-order valence-corrected chi connectivity index (χ4v) is 3.83. The summed E-state index contributed by atoms with van der Waals surface area (Å²) in [4.78, 5) is 19.4. The molecule has 7 heteroatoms. The zero-order chi connectivity index (χ0) is 19.5. The molecule has 1 fully saturated rings. The SMILES string of the molecule is COc1cccc(OC)c1C(=O)N1CCCC1c1[nH]ncc1-c1ccncc1. The Morgan fingerprint density at radius 1 is 1.14 bits per heavy atom. The second kappa shape index (κ2) is 7.72. The maximum atomic E-state index is 13.5. The van der Waals surface area contributed by atoms with Crippen LogP contribution in [0.4, 0.5) is 0 Å². The zero-order valence-corrected chi connectivity index (χ0v) is 15.9. The molecule has 1 saturated heterocycles. The smallest absolute Gasteiger partial charge is 0.261 e. The highest BCUT2D eigenvalue weighted by atomic mass is 16.5. The number of amides is 1. The molecule has 3 aromatic rings. The van der Waals surface area contributed by atoms with Gasteiger partial charge in [-0.1, -0.05) is 6.07 Å². The number of aromatic amines is 1. The molecule has 144 valence electrons. The molecule has 0 saturated carbocycles. The van der Waals surface area contributed by atoms with E-state index in [1.807, 2.05) is 23.1 Å². The Labute approximate surface area is 163 Å². The summed E-state index contributed by atoms with van der Waals surface area (Å²) in [6, 6.07) is 9.16. The van der Waals surface area contributed by atoms with E-state index in [1.54, 1.807) is 44.9 Å². The number of ether oxygens (including phenoxy) is 2. The first-order valence-electron chi connectivity index (χ1n) is 9.20. The van der Waals surface area contributed by atoms with Gasteiger partial charge in [-0.25, -0.2) is 0 Å². The predicted octanol–water partition coefficient (Wildman–Crippen LogP) is 3.47. The van der Waals surface area contributed by atoms with Crippen LogP contribution in [-0.4, -0.2) is 46.8 Å². The number of aromatic nitrogens is 3. The molecule has 4 rings (SSSR count). The molecule has 2 aromatic heterocycles. The van der Waals surface area contributed by atoms with Crippen LogP contribution in [0.15, 0.2) is 48.9 Å². The minimum absolute atomic E-state index is 0.0900. The Balaban J connectivity index is 1.72. The molecule has 1 aromatic carbocycles. The highest BCUT2D eigenvalue weighted by Crippen LogP contribution is 2.39. The lowest BCUT2D eigenvalue weighted by molar-refractivity contribution is 0.0726. The normalized spacial score (nSPS) is 16.2. The van der Waals surface area contributed by atoms with Crippen LogP contribution in [0.5, 0.6) is 11.5 Å². The summed E-state index contributed by atoms with van der Waals surface area (Å²) in [5.74, 6) is 0.912. The average molecular weight is 378 g/mol. The van der Waals surface area contributed by atoms with E-state index >= 15 is 0 Å². The number of rotatable bonds is 5. The minimum atomic E-state index is -0.105. The van der Waals surface area contributed by atoms with Gasteiger partial charge in [-0.05, 0) is 42.7 Å². The van der Waals surface area contributed by atoms with Gasteiger partial charge in [0.15, 0.2) is 0 Å². The van der Waals surface area contributed by atoms with E-state index in [1.165, 1.54) is 0 Å². The maximum absolute atomic E-state index is 13.5. The number of carbonyl (C=O) groups excluding carboxylic acids is 1. The van der Waals surface area contributed by atoms with Crippen molar-refractivity contribution in [3.8, 4) is 22.6 Å². The number of hydrogen-bond acceptors (Lipinski definition) is 5. The van der Waals surface area contributed by atoms with Crippen LogP contribution in [0, 0.1) is 0 Å². The van der Waals surface area contributed by atoms with Gasteiger partial charge >= 0.3 is 0 Å². The Morgan fingerprint density at radius 3 is 2.54 bits per heavy atom. The summed E-state index contributed by atoms with van der Waals surface area (Å²) in [5, 5.41) is 7.36. The van der Waals surface area contributed by atoms with Crippen molar-refractivity contribution in [3.63, 3.8) is 0 Å². The van der Waals surface area contributed by atoms with Gasteiger partial charge in [0.05, 0.1) is 32.2 Å². The summed E-state index contributed by atoms with van der Waals surface area (Å²) in [6.07, 6.45) is 7.09. The van der Waals surface area contributed by atoms with Crippen molar-refractivity contribution in [1.82, 2.24) is 20.1 Å². The average Bonchev–Trinajstić information content (AvgIpc) is 3.42. The summed E-state index contributed by atoms with van der Waals surface area (Å²) in [7, 11) is 3.12. The van der Waals surface area contributed by atoms with Gasteiger partial charge in [0, 0.05) is 24.5 Å². The van der Waals surface area contributed by atoms with E-state index in [2.05, 4.69) is 15.2 Å². The molecule has 1 unspecified atom stereocenters. The molecule has 1 amide bonds. The number of likely N-dealkylation sites (tertiary alicyclic amines) is 1. The zero-order valence-electron chi connectivity index (χ0n) is 15.9. The van der Waals surface area contributed by atoms with Crippen molar-refractivity contribution in [2.75, 3.05) is 20.8 Å². The maximum Gasteiger partial charge on any atom is 0.261 e. The Bertz CT molecular complexity index is 949. The monoisotopic (exact) mass is 378 g/mol. The number of H-pyrrole nitrogens is 1. The molecule has 0 spiro atoms. The number of nitrogens with one attached hydrogen (secondary N) is 1.